The molecule has 2 aromatic carbocycles. The van der Waals surface area contributed by atoms with E-state index in [4.69, 9.17) is 11.6 Å². The maximum absolute atomic E-state index is 11.9. The van der Waals surface area contributed by atoms with Crippen LogP contribution in [0.3, 0.4) is 0 Å². The van der Waals surface area contributed by atoms with E-state index in [1.54, 1.807) is 30.3 Å². The molecule has 0 bridgehead atoms. The van der Waals surface area contributed by atoms with Crippen molar-refractivity contribution in [2.75, 3.05) is 0 Å². The van der Waals surface area contributed by atoms with E-state index in [9.17, 15) is 9.90 Å². The molecule has 1 amide bonds. The van der Waals surface area contributed by atoms with E-state index < -0.39 is 5.72 Å². The van der Waals surface area contributed by atoms with Crippen LogP contribution in [0.4, 0.5) is 0 Å². The molecule has 18 heavy (non-hydrogen) atoms. The van der Waals surface area contributed by atoms with Crippen LogP contribution in [-0.2, 0) is 5.72 Å². The molecule has 0 fully saturated rings. The van der Waals surface area contributed by atoms with Crippen LogP contribution in [-0.4, -0.2) is 11.0 Å². The first-order valence-electron chi connectivity index (χ1n) is 5.52. The van der Waals surface area contributed by atoms with Crippen molar-refractivity contribution in [3.8, 4) is 0 Å². The van der Waals surface area contributed by atoms with E-state index in [1.165, 1.54) is 0 Å². The Balaban J connectivity index is 2.21. The van der Waals surface area contributed by atoms with Gasteiger partial charge in [-0.15, -0.1) is 0 Å². The minimum atomic E-state index is -1.47. The standard InChI is InChI=1S/C14H10ClNO2/c15-10-6-7-12-11(8-10)13(17)16-14(12,18)9-4-2-1-3-5-9/h1-8,18H,(H,16,17). The van der Waals surface area contributed by atoms with Crippen LogP contribution in [0.5, 0.6) is 0 Å². The van der Waals surface area contributed by atoms with Gasteiger partial charge in [-0.05, 0) is 12.1 Å². The van der Waals surface area contributed by atoms with Crippen molar-refractivity contribution in [1.82, 2.24) is 5.32 Å². The normalized spacial score (nSPS) is 21.6. The Morgan fingerprint density at radius 3 is 2.56 bits per heavy atom. The van der Waals surface area contributed by atoms with Crippen molar-refractivity contribution in [1.29, 1.82) is 0 Å². The Hall–Kier alpha value is -1.84. The summed E-state index contributed by atoms with van der Waals surface area (Å²) in [4.78, 5) is 11.9. The predicted molar refractivity (Wildman–Crippen MR) is 68.4 cm³/mol. The zero-order valence-corrected chi connectivity index (χ0v) is 10.1. The van der Waals surface area contributed by atoms with Gasteiger partial charge in [0.1, 0.15) is 0 Å². The van der Waals surface area contributed by atoms with Gasteiger partial charge in [-0.1, -0.05) is 48.0 Å². The van der Waals surface area contributed by atoms with Crippen LogP contribution in [0, 0.1) is 0 Å². The van der Waals surface area contributed by atoms with Crippen LogP contribution in [0.1, 0.15) is 21.5 Å². The Morgan fingerprint density at radius 2 is 1.83 bits per heavy atom. The summed E-state index contributed by atoms with van der Waals surface area (Å²) in [5.41, 5.74) is 0.0921. The molecule has 0 spiro atoms. The topological polar surface area (TPSA) is 49.3 Å². The monoisotopic (exact) mass is 259 g/mol. The van der Waals surface area contributed by atoms with Gasteiger partial charge in [0.2, 0.25) is 0 Å². The fourth-order valence-corrected chi connectivity index (χ4v) is 2.40. The van der Waals surface area contributed by atoms with Gasteiger partial charge in [0.05, 0.1) is 0 Å². The summed E-state index contributed by atoms with van der Waals surface area (Å²) in [6.07, 6.45) is 0. The highest BCUT2D eigenvalue weighted by Crippen LogP contribution is 2.35. The first-order valence-corrected chi connectivity index (χ1v) is 5.89. The molecule has 3 rings (SSSR count). The van der Waals surface area contributed by atoms with Gasteiger partial charge in [-0.3, -0.25) is 4.79 Å². The van der Waals surface area contributed by atoms with Gasteiger partial charge in [-0.25, -0.2) is 0 Å². The molecule has 0 radical (unpaired) electrons. The molecule has 0 aromatic heterocycles. The van der Waals surface area contributed by atoms with E-state index >= 15 is 0 Å². The summed E-state index contributed by atoms with van der Waals surface area (Å²) < 4.78 is 0. The molecule has 1 heterocycles. The summed E-state index contributed by atoms with van der Waals surface area (Å²) in [6.45, 7) is 0. The zero-order valence-electron chi connectivity index (χ0n) is 9.35. The molecule has 1 aliphatic heterocycles. The molecule has 2 aromatic rings. The summed E-state index contributed by atoms with van der Waals surface area (Å²) in [7, 11) is 0. The fraction of sp³-hybridized carbons (Fsp3) is 0.0714. The molecule has 4 heteroatoms. The molecule has 0 saturated carbocycles. The minimum absolute atomic E-state index is 0.321. The number of hydrogen-bond donors (Lipinski definition) is 2. The Bertz CT molecular complexity index is 627. The molecule has 0 aliphatic carbocycles. The predicted octanol–water partition coefficient (Wildman–Crippen LogP) is 2.28. The maximum atomic E-state index is 11.9. The SMILES string of the molecule is O=C1NC(O)(c2ccccc2)c2ccc(Cl)cc21. The van der Waals surface area contributed by atoms with Crippen molar-refractivity contribution in [3.63, 3.8) is 0 Å². The molecule has 1 aliphatic rings. The highest BCUT2D eigenvalue weighted by Gasteiger charge is 2.42. The van der Waals surface area contributed by atoms with Crippen LogP contribution >= 0.6 is 11.6 Å². The van der Waals surface area contributed by atoms with E-state index in [0.29, 0.717) is 21.7 Å². The van der Waals surface area contributed by atoms with Crippen LogP contribution < -0.4 is 5.32 Å². The molecule has 90 valence electrons. The maximum Gasteiger partial charge on any atom is 0.254 e. The first kappa shape index (κ1) is 11.3. The molecule has 1 atom stereocenters. The smallest absolute Gasteiger partial charge is 0.254 e. The lowest BCUT2D eigenvalue weighted by atomic mass is 9.95. The van der Waals surface area contributed by atoms with Crippen molar-refractivity contribution < 1.29 is 9.90 Å². The van der Waals surface area contributed by atoms with E-state index in [2.05, 4.69) is 5.32 Å². The fourth-order valence-electron chi connectivity index (χ4n) is 2.23. The molecular weight excluding hydrogens is 250 g/mol. The summed E-state index contributed by atoms with van der Waals surface area (Å²) in [5.74, 6) is -0.321. The minimum Gasteiger partial charge on any atom is -0.363 e. The first-order chi connectivity index (χ1) is 8.61. The molecule has 3 nitrogen and oxygen atoms in total. The van der Waals surface area contributed by atoms with Crippen LogP contribution in [0.2, 0.25) is 5.02 Å². The summed E-state index contributed by atoms with van der Waals surface area (Å²) >= 11 is 5.87. The van der Waals surface area contributed by atoms with Gasteiger partial charge >= 0.3 is 0 Å². The number of amides is 1. The Morgan fingerprint density at radius 1 is 1.11 bits per heavy atom. The third kappa shape index (κ3) is 1.52. The number of hydrogen-bond acceptors (Lipinski definition) is 2. The number of rotatable bonds is 1. The van der Waals surface area contributed by atoms with Gasteiger partial charge in [-0.2, -0.15) is 0 Å². The second kappa shape index (κ2) is 3.83. The van der Waals surface area contributed by atoms with Gasteiger partial charge in [0.15, 0.2) is 5.72 Å². The van der Waals surface area contributed by atoms with Crippen molar-refractivity contribution in [2.24, 2.45) is 0 Å². The number of aliphatic hydroxyl groups is 1. The van der Waals surface area contributed by atoms with Gasteiger partial charge in [0.25, 0.3) is 5.91 Å². The highest BCUT2D eigenvalue weighted by atomic mass is 35.5. The average Bonchev–Trinajstić information content (AvgIpc) is 2.63. The zero-order chi connectivity index (χ0) is 12.8. The lowest BCUT2D eigenvalue weighted by Gasteiger charge is -2.24. The molecule has 2 N–H and O–H groups in total. The van der Waals surface area contributed by atoms with Gasteiger partial charge < -0.3 is 10.4 Å². The van der Waals surface area contributed by atoms with Gasteiger partial charge in [0, 0.05) is 21.7 Å². The number of carbonyl (C=O) groups excluding carboxylic acids is 1. The van der Waals surface area contributed by atoms with E-state index in [1.807, 2.05) is 18.2 Å². The number of halogens is 1. The van der Waals surface area contributed by atoms with Crippen molar-refractivity contribution in [2.45, 2.75) is 5.72 Å². The third-order valence-electron chi connectivity index (χ3n) is 3.10. The van der Waals surface area contributed by atoms with Crippen LogP contribution in [0.15, 0.2) is 48.5 Å². The third-order valence-corrected chi connectivity index (χ3v) is 3.34. The van der Waals surface area contributed by atoms with E-state index in [-0.39, 0.29) is 5.91 Å². The molecular formula is C14H10ClNO2. The number of fused-ring (bicyclic) bond motifs is 1. The van der Waals surface area contributed by atoms with E-state index in [0.717, 1.165) is 0 Å². The Kier molecular flexibility index (Phi) is 2.40. The number of carbonyl (C=O) groups is 1. The largest absolute Gasteiger partial charge is 0.363 e. The second-order valence-electron chi connectivity index (χ2n) is 4.22. The lowest BCUT2D eigenvalue weighted by Crippen LogP contribution is -2.40. The average molecular weight is 260 g/mol. The Labute approximate surface area is 109 Å². The van der Waals surface area contributed by atoms with Crippen LogP contribution in [0.25, 0.3) is 0 Å². The van der Waals surface area contributed by atoms with Crippen molar-refractivity contribution >= 4 is 17.5 Å². The second-order valence-corrected chi connectivity index (χ2v) is 4.66. The van der Waals surface area contributed by atoms with Crippen molar-refractivity contribution in [3.05, 3.63) is 70.2 Å². The highest BCUT2D eigenvalue weighted by molar-refractivity contribution is 6.31. The number of nitrogens with one attached hydrogen (secondary N) is 1. The molecule has 1 unspecified atom stereocenters. The molecule has 0 saturated heterocycles. The number of benzene rings is 2. The quantitative estimate of drug-likeness (QED) is 0.825. The summed E-state index contributed by atoms with van der Waals surface area (Å²) in [5, 5.41) is 13.8. The lowest BCUT2D eigenvalue weighted by molar-refractivity contribution is 0.0476. The summed E-state index contributed by atoms with van der Waals surface area (Å²) in [6, 6.07) is 13.9.